The van der Waals surface area contributed by atoms with Gasteiger partial charge in [0.1, 0.15) is 5.75 Å². The van der Waals surface area contributed by atoms with E-state index in [1.54, 1.807) is 6.07 Å². The fourth-order valence-electron chi connectivity index (χ4n) is 2.51. The first-order valence-electron chi connectivity index (χ1n) is 7.40. The Balaban J connectivity index is 1.47. The zero-order valence-corrected chi connectivity index (χ0v) is 12.2. The summed E-state index contributed by atoms with van der Waals surface area (Å²) in [6.45, 7) is 0.675. The standard InChI is InChI=1S/C18H17NO3/c20-17-15-10-9-13(12-16(15)18(21)19-17)6-4-5-11-22-14-7-2-1-3-8-14/h1-3,7-10,12H,4-6,11H2,(H,19,20,21). The van der Waals surface area contributed by atoms with Crippen LogP contribution >= 0.6 is 0 Å². The molecule has 2 aromatic carbocycles. The Hall–Kier alpha value is -2.62. The molecule has 1 heterocycles. The van der Waals surface area contributed by atoms with Gasteiger partial charge in [0.05, 0.1) is 17.7 Å². The normalized spacial score (nSPS) is 12.9. The molecule has 0 unspecified atom stereocenters. The molecule has 2 aromatic rings. The molecule has 1 N–H and O–H groups in total. The maximum absolute atomic E-state index is 11.6. The number of fused-ring (bicyclic) bond motifs is 1. The smallest absolute Gasteiger partial charge is 0.258 e. The molecule has 2 amide bonds. The largest absolute Gasteiger partial charge is 0.494 e. The second-order valence-electron chi connectivity index (χ2n) is 5.28. The Labute approximate surface area is 129 Å². The zero-order chi connectivity index (χ0) is 15.4. The number of carbonyl (C=O) groups excluding carboxylic acids is 2. The molecule has 0 spiro atoms. The maximum Gasteiger partial charge on any atom is 0.258 e. The predicted octanol–water partition coefficient (Wildman–Crippen LogP) is 2.97. The van der Waals surface area contributed by atoms with Crippen LogP contribution in [0.3, 0.4) is 0 Å². The van der Waals surface area contributed by atoms with Gasteiger partial charge in [0, 0.05) is 0 Å². The summed E-state index contributed by atoms with van der Waals surface area (Å²) in [7, 11) is 0. The van der Waals surface area contributed by atoms with Crippen molar-refractivity contribution in [1.29, 1.82) is 0 Å². The Morgan fingerprint density at radius 2 is 1.64 bits per heavy atom. The summed E-state index contributed by atoms with van der Waals surface area (Å²) < 4.78 is 5.64. The highest BCUT2D eigenvalue weighted by Crippen LogP contribution is 2.18. The summed E-state index contributed by atoms with van der Waals surface area (Å²) in [4.78, 5) is 23.1. The molecule has 0 aromatic heterocycles. The van der Waals surface area contributed by atoms with Gasteiger partial charge in [-0.25, -0.2) is 0 Å². The third-order valence-corrected chi connectivity index (χ3v) is 3.67. The van der Waals surface area contributed by atoms with E-state index in [4.69, 9.17) is 4.74 Å². The van der Waals surface area contributed by atoms with Gasteiger partial charge >= 0.3 is 0 Å². The third kappa shape index (κ3) is 3.17. The Morgan fingerprint density at radius 1 is 0.864 bits per heavy atom. The number of hydrogen-bond acceptors (Lipinski definition) is 3. The number of rotatable bonds is 6. The predicted molar refractivity (Wildman–Crippen MR) is 83.1 cm³/mol. The zero-order valence-electron chi connectivity index (χ0n) is 12.2. The quantitative estimate of drug-likeness (QED) is 0.658. The molecule has 1 aliphatic rings. The van der Waals surface area contributed by atoms with Crippen LogP contribution in [0.5, 0.6) is 5.75 Å². The summed E-state index contributed by atoms with van der Waals surface area (Å²) >= 11 is 0. The van der Waals surface area contributed by atoms with Gasteiger partial charge in [-0.2, -0.15) is 0 Å². The molecule has 0 aliphatic carbocycles. The van der Waals surface area contributed by atoms with Crippen molar-refractivity contribution in [2.24, 2.45) is 0 Å². The van der Waals surface area contributed by atoms with Crippen LogP contribution in [0.2, 0.25) is 0 Å². The average molecular weight is 295 g/mol. The minimum atomic E-state index is -0.303. The van der Waals surface area contributed by atoms with Crippen molar-refractivity contribution < 1.29 is 14.3 Å². The van der Waals surface area contributed by atoms with E-state index in [-0.39, 0.29) is 11.8 Å². The van der Waals surface area contributed by atoms with Gasteiger partial charge in [-0.15, -0.1) is 0 Å². The highest BCUT2D eigenvalue weighted by molar-refractivity contribution is 6.21. The lowest BCUT2D eigenvalue weighted by atomic mass is 10.0. The number of aryl methyl sites for hydroxylation is 1. The summed E-state index contributed by atoms with van der Waals surface area (Å²) in [5.41, 5.74) is 2.03. The lowest BCUT2D eigenvalue weighted by Crippen LogP contribution is -2.19. The number of unbranched alkanes of at least 4 members (excludes halogenated alkanes) is 1. The number of benzene rings is 2. The van der Waals surface area contributed by atoms with Crippen molar-refractivity contribution in [3.8, 4) is 5.75 Å². The highest BCUT2D eigenvalue weighted by Gasteiger charge is 2.26. The van der Waals surface area contributed by atoms with E-state index in [2.05, 4.69) is 5.32 Å². The fraction of sp³-hybridized carbons (Fsp3) is 0.222. The molecular formula is C18H17NO3. The van der Waals surface area contributed by atoms with E-state index in [9.17, 15) is 9.59 Å². The maximum atomic E-state index is 11.6. The molecule has 3 rings (SSSR count). The number of carbonyl (C=O) groups is 2. The summed E-state index contributed by atoms with van der Waals surface area (Å²) in [6, 6.07) is 15.2. The van der Waals surface area contributed by atoms with Crippen molar-refractivity contribution >= 4 is 11.8 Å². The highest BCUT2D eigenvalue weighted by atomic mass is 16.5. The first kappa shape index (κ1) is 14.3. The van der Waals surface area contributed by atoms with Gasteiger partial charge in [0.2, 0.25) is 0 Å². The molecule has 0 fully saturated rings. The summed E-state index contributed by atoms with van der Waals surface area (Å²) in [5, 5.41) is 2.31. The molecule has 4 heteroatoms. The van der Waals surface area contributed by atoms with E-state index in [0.717, 1.165) is 30.6 Å². The number of para-hydroxylation sites is 1. The molecule has 4 nitrogen and oxygen atoms in total. The molecular weight excluding hydrogens is 278 g/mol. The molecule has 22 heavy (non-hydrogen) atoms. The van der Waals surface area contributed by atoms with Crippen LogP contribution in [0.25, 0.3) is 0 Å². The average Bonchev–Trinajstić information content (AvgIpc) is 2.82. The monoisotopic (exact) mass is 295 g/mol. The van der Waals surface area contributed by atoms with Crippen molar-refractivity contribution in [2.45, 2.75) is 19.3 Å². The number of amides is 2. The molecule has 1 aliphatic heterocycles. The van der Waals surface area contributed by atoms with Gasteiger partial charge in [0.25, 0.3) is 11.8 Å². The van der Waals surface area contributed by atoms with E-state index in [1.165, 1.54) is 0 Å². The lowest BCUT2D eigenvalue weighted by molar-refractivity contribution is 0.0879. The van der Waals surface area contributed by atoms with Gasteiger partial charge in [0.15, 0.2) is 0 Å². The molecule has 0 bridgehead atoms. The molecule has 0 saturated heterocycles. The van der Waals surface area contributed by atoms with Crippen LogP contribution in [-0.4, -0.2) is 18.4 Å². The molecule has 0 atom stereocenters. The summed E-state index contributed by atoms with van der Waals surface area (Å²) in [6.07, 6.45) is 2.78. The Morgan fingerprint density at radius 3 is 2.45 bits per heavy atom. The van der Waals surface area contributed by atoms with Gasteiger partial charge in [-0.05, 0) is 49.1 Å². The van der Waals surface area contributed by atoms with Crippen LogP contribution in [0.1, 0.15) is 39.1 Å². The SMILES string of the molecule is O=C1NC(=O)c2cc(CCCCOc3ccccc3)ccc21. The number of ether oxygens (including phenoxy) is 1. The van der Waals surface area contributed by atoms with Crippen molar-refractivity contribution in [2.75, 3.05) is 6.61 Å². The van der Waals surface area contributed by atoms with Gasteiger partial charge in [-0.1, -0.05) is 24.3 Å². The lowest BCUT2D eigenvalue weighted by Gasteiger charge is -2.06. The third-order valence-electron chi connectivity index (χ3n) is 3.67. The van der Waals surface area contributed by atoms with Crippen LogP contribution in [0.15, 0.2) is 48.5 Å². The van der Waals surface area contributed by atoms with E-state index < -0.39 is 0 Å². The summed E-state index contributed by atoms with van der Waals surface area (Å²) in [5.74, 6) is 0.285. The Bertz CT molecular complexity index is 695. The molecule has 0 radical (unpaired) electrons. The first-order chi connectivity index (χ1) is 10.7. The van der Waals surface area contributed by atoms with Crippen LogP contribution in [0.4, 0.5) is 0 Å². The second kappa shape index (κ2) is 6.43. The first-order valence-corrected chi connectivity index (χ1v) is 7.40. The van der Waals surface area contributed by atoms with E-state index >= 15 is 0 Å². The Kier molecular flexibility index (Phi) is 4.19. The van der Waals surface area contributed by atoms with Crippen molar-refractivity contribution in [1.82, 2.24) is 5.32 Å². The van der Waals surface area contributed by atoms with Crippen LogP contribution < -0.4 is 10.1 Å². The topological polar surface area (TPSA) is 55.4 Å². The minimum Gasteiger partial charge on any atom is -0.494 e. The fourth-order valence-corrected chi connectivity index (χ4v) is 2.51. The van der Waals surface area contributed by atoms with Gasteiger partial charge < -0.3 is 4.74 Å². The number of nitrogens with one attached hydrogen (secondary N) is 1. The van der Waals surface area contributed by atoms with Crippen molar-refractivity contribution in [3.05, 3.63) is 65.2 Å². The number of imide groups is 1. The van der Waals surface area contributed by atoms with Crippen molar-refractivity contribution in [3.63, 3.8) is 0 Å². The van der Waals surface area contributed by atoms with Crippen LogP contribution in [0, 0.1) is 0 Å². The molecule has 112 valence electrons. The van der Waals surface area contributed by atoms with E-state index in [1.807, 2.05) is 42.5 Å². The molecule has 0 saturated carbocycles. The van der Waals surface area contributed by atoms with Crippen LogP contribution in [-0.2, 0) is 6.42 Å². The van der Waals surface area contributed by atoms with E-state index in [0.29, 0.717) is 17.7 Å². The minimum absolute atomic E-state index is 0.297. The number of hydrogen-bond donors (Lipinski definition) is 1. The van der Waals surface area contributed by atoms with Gasteiger partial charge in [-0.3, -0.25) is 14.9 Å². The second-order valence-corrected chi connectivity index (χ2v) is 5.28.